The Morgan fingerprint density at radius 1 is 1.27 bits per heavy atom. The minimum atomic E-state index is 0.599. The van der Waals surface area contributed by atoms with Crippen LogP contribution in [0.25, 0.3) is 0 Å². The minimum Gasteiger partial charge on any atom is -0.330 e. The van der Waals surface area contributed by atoms with Gasteiger partial charge in [0.05, 0.1) is 0 Å². The molecule has 0 spiro atoms. The van der Waals surface area contributed by atoms with Gasteiger partial charge in [0.2, 0.25) is 0 Å². The van der Waals surface area contributed by atoms with Gasteiger partial charge < -0.3 is 11.1 Å². The predicted octanol–water partition coefficient (Wildman–Crippen LogP) is 0.725. The molecule has 0 amide bonds. The second kappa shape index (κ2) is 2.76. The number of rotatable bonds is 2. The molecule has 1 saturated heterocycles. The van der Waals surface area contributed by atoms with Crippen molar-refractivity contribution in [3.63, 3.8) is 0 Å². The van der Waals surface area contributed by atoms with Gasteiger partial charge in [-0.2, -0.15) is 0 Å². The molecule has 0 aromatic heterocycles. The maximum absolute atomic E-state index is 5.78. The first kappa shape index (κ1) is 7.56. The summed E-state index contributed by atoms with van der Waals surface area (Å²) in [6, 6.07) is 0. The van der Waals surface area contributed by atoms with Crippen molar-refractivity contribution in [3.05, 3.63) is 0 Å². The summed E-state index contributed by atoms with van der Waals surface area (Å²) < 4.78 is 0. The van der Waals surface area contributed by atoms with E-state index in [9.17, 15) is 0 Å². The van der Waals surface area contributed by atoms with Crippen molar-refractivity contribution in [1.82, 2.24) is 5.32 Å². The lowest BCUT2D eigenvalue weighted by atomic mass is 9.82. The van der Waals surface area contributed by atoms with Crippen molar-refractivity contribution >= 4 is 0 Å². The molecule has 11 heavy (non-hydrogen) atoms. The van der Waals surface area contributed by atoms with Gasteiger partial charge in [-0.05, 0) is 56.7 Å². The quantitative estimate of drug-likeness (QED) is 0.615. The van der Waals surface area contributed by atoms with Gasteiger partial charge >= 0.3 is 0 Å². The Labute approximate surface area is 68.5 Å². The first-order chi connectivity index (χ1) is 5.37. The molecule has 3 N–H and O–H groups in total. The highest BCUT2D eigenvalue weighted by Crippen LogP contribution is 2.53. The molecule has 0 aromatic rings. The van der Waals surface area contributed by atoms with Gasteiger partial charge in [-0.3, -0.25) is 0 Å². The SMILES string of the molecule is NCC1(C2CCNCC2)CC1. The largest absolute Gasteiger partial charge is 0.330 e. The summed E-state index contributed by atoms with van der Waals surface area (Å²) in [7, 11) is 0. The molecule has 1 heterocycles. The summed E-state index contributed by atoms with van der Waals surface area (Å²) in [6.45, 7) is 3.36. The Morgan fingerprint density at radius 3 is 2.36 bits per heavy atom. The topological polar surface area (TPSA) is 38.0 Å². The smallest absolute Gasteiger partial charge is 0.00179 e. The average molecular weight is 154 g/mol. The Kier molecular flexibility index (Phi) is 1.90. The third-order valence-electron chi connectivity index (χ3n) is 3.50. The van der Waals surface area contributed by atoms with Crippen molar-refractivity contribution < 1.29 is 0 Å². The minimum absolute atomic E-state index is 0.599. The van der Waals surface area contributed by atoms with E-state index < -0.39 is 0 Å². The van der Waals surface area contributed by atoms with E-state index in [1.165, 1.54) is 38.8 Å². The van der Waals surface area contributed by atoms with Crippen LogP contribution in [-0.4, -0.2) is 19.6 Å². The van der Waals surface area contributed by atoms with Crippen LogP contribution in [0, 0.1) is 11.3 Å². The lowest BCUT2D eigenvalue weighted by Crippen LogP contribution is -2.35. The molecular weight excluding hydrogens is 136 g/mol. The van der Waals surface area contributed by atoms with Crippen molar-refractivity contribution in [3.8, 4) is 0 Å². The zero-order valence-corrected chi connectivity index (χ0v) is 7.10. The number of hydrogen-bond acceptors (Lipinski definition) is 2. The first-order valence-electron chi connectivity index (χ1n) is 4.78. The van der Waals surface area contributed by atoms with Crippen LogP contribution in [0.15, 0.2) is 0 Å². The summed E-state index contributed by atoms with van der Waals surface area (Å²) in [4.78, 5) is 0. The van der Waals surface area contributed by atoms with Crippen LogP contribution >= 0.6 is 0 Å². The molecule has 0 atom stereocenters. The second-order valence-electron chi connectivity index (χ2n) is 4.09. The lowest BCUT2D eigenvalue weighted by Gasteiger charge is -2.29. The van der Waals surface area contributed by atoms with Crippen LogP contribution in [0.1, 0.15) is 25.7 Å². The van der Waals surface area contributed by atoms with Crippen LogP contribution < -0.4 is 11.1 Å². The van der Waals surface area contributed by atoms with Crippen molar-refractivity contribution in [2.24, 2.45) is 17.1 Å². The molecule has 2 fully saturated rings. The van der Waals surface area contributed by atoms with Crippen molar-refractivity contribution in [1.29, 1.82) is 0 Å². The average Bonchev–Trinajstić information content (AvgIpc) is 2.86. The number of hydrogen-bond donors (Lipinski definition) is 2. The molecule has 1 aliphatic heterocycles. The van der Waals surface area contributed by atoms with Crippen LogP contribution in [0.5, 0.6) is 0 Å². The molecule has 0 aromatic carbocycles. The second-order valence-corrected chi connectivity index (χ2v) is 4.09. The van der Waals surface area contributed by atoms with E-state index in [4.69, 9.17) is 5.73 Å². The molecule has 2 aliphatic rings. The monoisotopic (exact) mass is 154 g/mol. The predicted molar refractivity (Wildman–Crippen MR) is 46.3 cm³/mol. The summed E-state index contributed by atoms with van der Waals surface area (Å²) in [5.41, 5.74) is 6.38. The fourth-order valence-electron chi connectivity index (χ4n) is 2.37. The molecule has 0 bridgehead atoms. The zero-order chi connectivity index (χ0) is 7.73. The fourth-order valence-corrected chi connectivity index (χ4v) is 2.37. The van der Waals surface area contributed by atoms with Gasteiger partial charge in [0, 0.05) is 0 Å². The van der Waals surface area contributed by atoms with Crippen molar-refractivity contribution in [2.45, 2.75) is 25.7 Å². The first-order valence-corrected chi connectivity index (χ1v) is 4.78. The molecule has 2 nitrogen and oxygen atoms in total. The lowest BCUT2D eigenvalue weighted by molar-refractivity contribution is 0.244. The molecular formula is C9H18N2. The molecule has 1 aliphatic carbocycles. The molecule has 2 heteroatoms. The van der Waals surface area contributed by atoms with Crippen LogP contribution in [0.2, 0.25) is 0 Å². The molecule has 0 unspecified atom stereocenters. The standard InChI is InChI=1S/C9H18N2/c10-7-9(3-4-9)8-1-5-11-6-2-8/h8,11H,1-7,10H2. The Hall–Kier alpha value is -0.0800. The van der Waals surface area contributed by atoms with Crippen molar-refractivity contribution in [2.75, 3.05) is 19.6 Å². The highest BCUT2D eigenvalue weighted by molar-refractivity contribution is 5.00. The molecule has 2 rings (SSSR count). The van der Waals surface area contributed by atoms with Crippen LogP contribution in [0.4, 0.5) is 0 Å². The highest BCUT2D eigenvalue weighted by atomic mass is 14.9. The third-order valence-corrected chi connectivity index (χ3v) is 3.50. The molecule has 0 radical (unpaired) electrons. The van der Waals surface area contributed by atoms with Gasteiger partial charge in [-0.25, -0.2) is 0 Å². The zero-order valence-electron chi connectivity index (χ0n) is 7.10. The van der Waals surface area contributed by atoms with Gasteiger partial charge in [-0.1, -0.05) is 0 Å². The number of nitrogens with one attached hydrogen (secondary N) is 1. The summed E-state index contributed by atoms with van der Waals surface area (Å²) in [5, 5.41) is 3.40. The van der Waals surface area contributed by atoms with Gasteiger partial charge in [0.25, 0.3) is 0 Å². The summed E-state index contributed by atoms with van der Waals surface area (Å²) >= 11 is 0. The summed E-state index contributed by atoms with van der Waals surface area (Å²) in [6.07, 6.45) is 5.51. The maximum Gasteiger partial charge on any atom is -0.00179 e. The molecule has 1 saturated carbocycles. The Bertz CT molecular complexity index is 134. The van der Waals surface area contributed by atoms with E-state index in [1.54, 1.807) is 0 Å². The summed E-state index contributed by atoms with van der Waals surface area (Å²) in [5.74, 6) is 0.939. The number of nitrogens with two attached hydrogens (primary N) is 1. The van der Waals surface area contributed by atoms with Gasteiger partial charge in [0.15, 0.2) is 0 Å². The van der Waals surface area contributed by atoms with E-state index in [0.717, 1.165) is 12.5 Å². The van der Waals surface area contributed by atoms with E-state index in [1.807, 2.05) is 0 Å². The number of piperidine rings is 1. The Balaban J connectivity index is 1.92. The van der Waals surface area contributed by atoms with E-state index in [0.29, 0.717) is 5.41 Å². The normalized spacial score (nSPS) is 30.3. The highest BCUT2D eigenvalue weighted by Gasteiger charge is 2.47. The maximum atomic E-state index is 5.78. The van der Waals surface area contributed by atoms with E-state index in [-0.39, 0.29) is 0 Å². The molecule has 64 valence electrons. The fraction of sp³-hybridized carbons (Fsp3) is 1.00. The van der Waals surface area contributed by atoms with E-state index >= 15 is 0 Å². The Morgan fingerprint density at radius 2 is 1.91 bits per heavy atom. The van der Waals surface area contributed by atoms with Gasteiger partial charge in [-0.15, -0.1) is 0 Å². The van der Waals surface area contributed by atoms with Crippen LogP contribution in [0.3, 0.4) is 0 Å². The van der Waals surface area contributed by atoms with Gasteiger partial charge in [0.1, 0.15) is 0 Å². The van der Waals surface area contributed by atoms with E-state index in [2.05, 4.69) is 5.32 Å². The van der Waals surface area contributed by atoms with Crippen LogP contribution in [-0.2, 0) is 0 Å². The third kappa shape index (κ3) is 1.30.